The molecule has 1 aromatic carbocycles. The van der Waals surface area contributed by atoms with Gasteiger partial charge < -0.3 is 10.5 Å². The highest BCUT2D eigenvalue weighted by Crippen LogP contribution is 2.28. The molecule has 0 aromatic heterocycles. The molecule has 0 saturated carbocycles. The van der Waals surface area contributed by atoms with E-state index in [1.807, 2.05) is 0 Å². The molecule has 0 aliphatic carbocycles. The second-order valence-corrected chi connectivity index (χ2v) is 7.47. The first-order chi connectivity index (χ1) is 9.07. The highest BCUT2D eigenvalue weighted by atomic mass is 79.9. The van der Waals surface area contributed by atoms with Gasteiger partial charge >= 0.3 is 0 Å². The number of rotatable bonds is 6. The fourth-order valence-electron chi connectivity index (χ4n) is 1.71. The van der Waals surface area contributed by atoms with Crippen molar-refractivity contribution in [3.63, 3.8) is 0 Å². The van der Waals surface area contributed by atoms with Crippen molar-refractivity contribution in [2.45, 2.75) is 30.7 Å². The Morgan fingerprint density at radius 3 is 2.50 bits per heavy atom. The first-order valence-electron chi connectivity index (χ1n) is 5.73. The second-order valence-electron chi connectivity index (χ2n) is 4.93. The summed E-state index contributed by atoms with van der Waals surface area (Å²) in [5.74, 6) is -0.0473. The number of hydrogen-bond acceptors (Lipinski definition) is 4. The van der Waals surface area contributed by atoms with E-state index in [1.54, 1.807) is 19.9 Å². The van der Waals surface area contributed by atoms with Crippen molar-refractivity contribution >= 4 is 31.9 Å². The molecule has 0 aliphatic heterocycles. The van der Waals surface area contributed by atoms with Crippen LogP contribution in [0.1, 0.15) is 20.3 Å². The first kappa shape index (κ1) is 16.9. The lowest BCUT2D eigenvalue weighted by Crippen LogP contribution is -2.45. The van der Waals surface area contributed by atoms with Crippen LogP contribution in [-0.2, 0) is 14.8 Å². The Balaban J connectivity index is 3.05. The Morgan fingerprint density at radius 1 is 1.45 bits per heavy atom. The van der Waals surface area contributed by atoms with Crippen LogP contribution in [0.5, 0.6) is 5.75 Å². The third-order valence-electron chi connectivity index (χ3n) is 2.46. The molecule has 20 heavy (non-hydrogen) atoms. The molecule has 1 amide bonds. The number of carbonyl (C=O) groups is 1. The molecule has 0 fully saturated rings. The number of primary amides is 1. The van der Waals surface area contributed by atoms with Crippen LogP contribution in [0.3, 0.4) is 0 Å². The summed E-state index contributed by atoms with van der Waals surface area (Å²) in [7, 11) is -2.27. The van der Waals surface area contributed by atoms with Gasteiger partial charge in [-0.25, -0.2) is 13.1 Å². The van der Waals surface area contributed by atoms with E-state index in [0.29, 0.717) is 10.2 Å². The summed E-state index contributed by atoms with van der Waals surface area (Å²) in [6, 6.07) is 4.40. The van der Waals surface area contributed by atoms with Crippen molar-refractivity contribution < 1.29 is 17.9 Å². The van der Waals surface area contributed by atoms with E-state index in [0.717, 1.165) is 0 Å². The fourth-order valence-corrected chi connectivity index (χ4v) is 3.84. The Bertz CT molecular complexity index is 614. The van der Waals surface area contributed by atoms with Crippen molar-refractivity contribution in [2.24, 2.45) is 5.73 Å². The van der Waals surface area contributed by atoms with E-state index in [4.69, 9.17) is 10.5 Å². The van der Waals surface area contributed by atoms with Crippen LogP contribution in [-0.4, -0.2) is 27.0 Å². The molecule has 0 bridgehead atoms. The molecular formula is C12H17BrN2O4S. The smallest absolute Gasteiger partial charge is 0.241 e. The van der Waals surface area contributed by atoms with Gasteiger partial charge in [-0.2, -0.15) is 0 Å². The van der Waals surface area contributed by atoms with Crippen molar-refractivity contribution in [3.8, 4) is 5.75 Å². The van der Waals surface area contributed by atoms with Crippen LogP contribution in [0.25, 0.3) is 0 Å². The number of ether oxygens (including phenoxy) is 1. The van der Waals surface area contributed by atoms with Crippen molar-refractivity contribution in [1.82, 2.24) is 4.72 Å². The van der Waals surface area contributed by atoms with Gasteiger partial charge in [-0.15, -0.1) is 0 Å². The topological polar surface area (TPSA) is 98.5 Å². The molecular weight excluding hydrogens is 348 g/mol. The van der Waals surface area contributed by atoms with Gasteiger partial charge in [0, 0.05) is 12.0 Å². The second kappa shape index (κ2) is 6.11. The molecule has 0 aliphatic rings. The summed E-state index contributed by atoms with van der Waals surface area (Å²) < 4.78 is 32.5. The molecule has 0 atom stereocenters. The van der Waals surface area contributed by atoms with Crippen LogP contribution >= 0.6 is 15.9 Å². The Hall–Kier alpha value is -1.12. The van der Waals surface area contributed by atoms with Gasteiger partial charge in [0.15, 0.2) is 0 Å². The summed E-state index contributed by atoms with van der Waals surface area (Å²) in [5.41, 5.74) is 4.14. The summed E-state index contributed by atoms with van der Waals surface area (Å²) in [6.07, 6.45) is -0.0937. The van der Waals surface area contributed by atoms with Crippen LogP contribution in [0.4, 0.5) is 0 Å². The van der Waals surface area contributed by atoms with Gasteiger partial charge in [0.2, 0.25) is 15.9 Å². The number of halogens is 1. The molecule has 1 aromatic rings. The molecule has 1 rings (SSSR count). The number of carbonyl (C=O) groups excluding carboxylic acids is 1. The van der Waals surface area contributed by atoms with Gasteiger partial charge in [-0.1, -0.05) is 0 Å². The number of nitrogens with one attached hydrogen (secondary N) is 1. The summed E-state index contributed by atoms with van der Waals surface area (Å²) >= 11 is 3.23. The van der Waals surface area contributed by atoms with Crippen molar-refractivity contribution in [2.75, 3.05) is 7.11 Å². The van der Waals surface area contributed by atoms with Crippen LogP contribution in [0, 0.1) is 0 Å². The number of sulfonamides is 1. The zero-order valence-electron chi connectivity index (χ0n) is 11.4. The zero-order valence-corrected chi connectivity index (χ0v) is 13.8. The Labute approximate surface area is 126 Å². The normalized spacial score (nSPS) is 12.2. The fraction of sp³-hybridized carbons (Fsp3) is 0.417. The molecule has 3 N–H and O–H groups in total. The maximum Gasteiger partial charge on any atom is 0.241 e. The SMILES string of the molecule is COc1ccc(S(=O)(=O)NC(C)(C)CC(N)=O)cc1Br. The van der Waals surface area contributed by atoms with E-state index < -0.39 is 21.5 Å². The number of hydrogen-bond donors (Lipinski definition) is 2. The monoisotopic (exact) mass is 364 g/mol. The van der Waals surface area contributed by atoms with E-state index in [9.17, 15) is 13.2 Å². The first-order valence-corrected chi connectivity index (χ1v) is 8.01. The van der Waals surface area contributed by atoms with Gasteiger partial charge in [0.05, 0.1) is 16.5 Å². The van der Waals surface area contributed by atoms with Gasteiger partial charge in [0.1, 0.15) is 5.75 Å². The molecule has 112 valence electrons. The lowest BCUT2D eigenvalue weighted by Gasteiger charge is -2.24. The highest BCUT2D eigenvalue weighted by molar-refractivity contribution is 9.10. The molecule has 0 radical (unpaired) electrons. The van der Waals surface area contributed by atoms with Crippen molar-refractivity contribution in [3.05, 3.63) is 22.7 Å². The molecule has 0 spiro atoms. The van der Waals surface area contributed by atoms with Gasteiger partial charge in [-0.3, -0.25) is 4.79 Å². The predicted octanol–water partition coefficient (Wildman–Crippen LogP) is 1.39. The number of methoxy groups -OCH3 is 1. The van der Waals surface area contributed by atoms with Crippen LogP contribution < -0.4 is 15.2 Å². The number of benzene rings is 1. The third kappa shape index (κ3) is 4.46. The largest absolute Gasteiger partial charge is 0.496 e. The average Bonchev–Trinajstić information content (AvgIpc) is 2.25. The van der Waals surface area contributed by atoms with Gasteiger partial charge in [0.25, 0.3) is 0 Å². The standard InChI is InChI=1S/C12H17BrN2O4S/c1-12(2,7-11(14)16)15-20(17,18)8-4-5-10(19-3)9(13)6-8/h4-6,15H,7H2,1-3H3,(H2,14,16). The number of nitrogens with two attached hydrogens (primary N) is 1. The minimum atomic E-state index is -3.75. The summed E-state index contributed by atoms with van der Waals surface area (Å²) in [6.45, 7) is 3.18. The Morgan fingerprint density at radius 2 is 2.05 bits per heavy atom. The lowest BCUT2D eigenvalue weighted by atomic mass is 10.0. The molecule has 0 saturated heterocycles. The van der Waals surface area contributed by atoms with E-state index in [1.165, 1.54) is 19.2 Å². The van der Waals surface area contributed by atoms with Crippen molar-refractivity contribution in [1.29, 1.82) is 0 Å². The summed E-state index contributed by atoms with van der Waals surface area (Å²) in [5, 5.41) is 0. The Kier molecular flexibility index (Phi) is 5.17. The average molecular weight is 365 g/mol. The van der Waals surface area contributed by atoms with E-state index in [2.05, 4.69) is 20.7 Å². The molecule has 6 nitrogen and oxygen atoms in total. The maximum atomic E-state index is 12.3. The maximum absolute atomic E-state index is 12.3. The van der Waals surface area contributed by atoms with Gasteiger partial charge in [-0.05, 0) is 48.0 Å². The quantitative estimate of drug-likeness (QED) is 0.796. The van der Waals surface area contributed by atoms with E-state index in [-0.39, 0.29) is 11.3 Å². The lowest BCUT2D eigenvalue weighted by molar-refractivity contribution is -0.119. The molecule has 0 unspecified atom stereocenters. The number of amides is 1. The van der Waals surface area contributed by atoms with E-state index >= 15 is 0 Å². The van der Waals surface area contributed by atoms with Crippen LogP contribution in [0.15, 0.2) is 27.6 Å². The zero-order chi connectivity index (χ0) is 15.6. The highest BCUT2D eigenvalue weighted by Gasteiger charge is 2.28. The third-order valence-corrected chi connectivity index (χ3v) is 4.78. The molecule has 0 heterocycles. The summed E-state index contributed by atoms with van der Waals surface area (Å²) in [4.78, 5) is 11.0. The minimum absolute atomic E-state index is 0.0720. The van der Waals surface area contributed by atoms with Crippen LogP contribution in [0.2, 0.25) is 0 Å². The molecule has 8 heteroatoms. The predicted molar refractivity (Wildman–Crippen MR) is 78.9 cm³/mol. The minimum Gasteiger partial charge on any atom is -0.496 e.